The Bertz CT molecular complexity index is 559. The Labute approximate surface area is 126 Å². The lowest BCUT2D eigenvalue weighted by atomic mass is 9.81. The van der Waals surface area contributed by atoms with Gasteiger partial charge in [-0.2, -0.15) is 0 Å². The van der Waals surface area contributed by atoms with Gasteiger partial charge >= 0.3 is 11.9 Å². The van der Waals surface area contributed by atoms with E-state index in [1.54, 1.807) is 0 Å². The molecular formula is C14H16O8. The summed E-state index contributed by atoms with van der Waals surface area (Å²) in [7, 11) is 0. The predicted octanol–water partition coefficient (Wildman–Crippen LogP) is -0.811. The lowest BCUT2D eigenvalue weighted by Crippen LogP contribution is -2.55. The van der Waals surface area contributed by atoms with E-state index < -0.39 is 48.1 Å². The molecule has 1 saturated carbocycles. The van der Waals surface area contributed by atoms with Crippen LogP contribution in [0.5, 0.6) is 0 Å². The molecule has 0 aromatic heterocycles. The number of carbonyl (C=O) groups excluding carboxylic acids is 3. The smallest absolute Gasteiger partial charge is 0.303 e. The number of ketones is 1. The van der Waals surface area contributed by atoms with Crippen molar-refractivity contribution in [3.8, 4) is 0 Å². The molecule has 0 aromatic rings. The van der Waals surface area contributed by atoms with E-state index in [4.69, 9.17) is 23.7 Å². The minimum Gasteiger partial charge on any atom is -0.463 e. The zero-order valence-corrected chi connectivity index (χ0v) is 12.1. The zero-order valence-electron chi connectivity index (χ0n) is 12.1. The van der Waals surface area contributed by atoms with Crippen LogP contribution in [0, 0.1) is 11.8 Å². The van der Waals surface area contributed by atoms with Crippen molar-refractivity contribution in [2.45, 2.75) is 44.1 Å². The van der Waals surface area contributed by atoms with Crippen molar-refractivity contribution in [2.24, 2.45) is 11.8 Å². The van der Waals surface area contributed by atoms with Gasteiger partial charge in [-0.15, -0.1) is 0 Å². The molecule has 4 aliphatic rings. The van der Waals surface area contributed by atoms with Gasteiger partial charge in [0.25, 0.3) is 0 Å². The predicted molar refractivity (Wildman–Crippen MR) is 66.4 cm³/mol. The summed E-state index contributed by atoms with van der Waals surface area (Å²) in [6, 6.07) is 0. The van der Waals surface area contributed by atoms with Crippen molar-refractivity contribution in [1.29, 1.82) is 0 Å². The molecule has 0 radical (unpaired) electrons. The summed E-state index contributed by atoms with van der Waals surface area (Å²) in [5, 5.41) is 0. The summed E-state index contributed by atoms with van der Waals surface area (Å²) in [5.74, 6) is -1.88. The Kier molecular flexibility index (Phi) is 2.88. The third-order valence-corrected chi connectivity index (χ3v) is 4.81. The number of rotatable bonds is 3. The highest BCUT2D eigenvalue weighted by Crippen LogP contribution is 2.62. The van der Waals surface area contributed by atoms with Crippen LogP contribution >= 0.6 is 0 Å². The second kappa shape index (κ2) is 4.50. The van der Waals surface area contributed by atoms with Crippen molar-refractivity contribution in [1.82, 2.24) is 0 Å². The van der Waals surface area contributed by atoms with Crippen LogP contribution in [0.15, 0.2) is 0 Å². The molecule has 1 spiro atoms. The molecule has 3 heterocycles. The molecule has 0 amide bonds. The monoisotopic (exact) mass is 312 g/mol. The molecule has 8 nitrogen and oxygen atoms in total. The number of epoxide rings is 1. The molecule has 4 rings (SSSR count). The maximum atomic E-state index is 12.5. The molecule has 7 atom stereocenters. The van der Waals surface area contributed by atoms with Gasteiger partial charge in [0.05, 0.1) is 18.4 Å². The van der Waals surface area contributed by atoms with Gasteiger partial charge in [-0.25, -0.2) is 0 Å². The highest BCUT2D eigenvalue weighted by atomic mass is 16.7. The normalized spacial score (nSPS) is 47.6. The molecule has 1 aliphatic carbocycles. The molecular weight excluding hydrogens is 296 g/mol. The van der Waals surface area contributed by atoms with Crippen LogP contribution in [0.1, 0.15) is 13.8 Å². The molecule has 120 valence electrons. The van der Waals surface area contributed by atoms with E-state index in [0.717, 1.165) is 0 Å². The van der Waals surface area contributed by atoms with Gasteiger partial charge in [-0.05, 0) is 0 Å². The van der Waals surface area contributed by atoms with Crippen molar-refractivity contribution in [3.05, 3.63) is 0 Å². The third kappa shape index (κ3) is 1.77. The van der Waals surface area contributed by atoms with Crippen molar-refractivity contribution >= 4 is 17.7 Å². The van der Waals surface area contributed by atoms with Gasteiger partial charge < -0.3 is 23.7 Å². The fourth-order valence-corrected chi connectivity index (χ4v) is 3.96. The third-order valence-electron chi connectivity index (χ3n) is 4.81. The van der Waals surface area contributed by atoms with Crippen LogP contribution in [0.25, 0.3) is 0 Å². The number of hydrogen-bond acceptors (Lipinski definition) is 8. The van der Waals surface area contributed by atoms with Crippen molar-refractivity contribution in [3.63, 3.8) is 0 Å². The first kappa shape index (κ1) is 14.1. The lowest BCUT2D eigenvalue weighted by Gasteiger charge is -2.41. The van der Waals surface area contributed by atoms with Crippen LogP contribution in [0.3, 0.4) is 0 Å². The first-order valence-corrected chi connectivity index (χ1v) is 7.23. The summed E-state index contributed by atoms with van der Waals surface area (Å²) in [6.07, 6.45) is -2.62. The summed E-state index contributed by atoms with van der Waals surface area (Å²) < 4.78 is 27.2. The summed E-state index contributed by atoms with van der Waals surface area (Å²) >= 11 is 0. The van der Waals surface area contributed by atoms with Gasteiger partial charge in [0.2, 0.25) is 0 Å². The van der Waals surface area contributed by atoms with E-state index in [2.05, 4.69) is 0 Å². The average molecular weight is 312 g/mol. The fourth-order valence-electron chi connectivity index (χ4n) is 3.96. The van der Waals surface area contributed by atoms with E-state index in [0.29, 0.717) is 6.61 Å². The molecule has 3 saturated heterocycles. The number of Topliss-reactive ketones (excluding diaryl/α,β-unsaturated/α-hetero) is 1. The molecule has 22 heavy (non-hydrogen) atoms. The Morgan fingerprint density at radius 2 is 2.09 bits per heavy atom. The van der Waals surface area contributed by atoms with Crippen LogP contribution in [-0.2, 0) is 38.1 Å². The van der Waals surface area contributed by atoms with E-state index in [1.165, 1.54) is 13.8 Å². The average Bonchev–Trinajstić information content (AvgIpc) is 2.97. The number of carbonyl (C=O) groups is 3. The van der Waals surface area contributed by atoms with Crippen LogP contribution in [-0.4, -0.2) is 61.1 Å². The van der Waals surface area contributed by atoms with Gasteiger partial charge in [0.15, 0.2) is 12.1 Å². The Morgan fingerprint density at radius 1 is 1.32 bits per heavy atom. The van der Waals surface area contributed by atoms with E-state index in [1.807, 2.05) is 0 Å². The Hall–Kier alpha value is -1.51. The number of esters is 2. The minimum absolute atomic E-state index is 0.0827. The summed E-state index contributed by atoms with van der Waals surface area (Å²) in [5.41, 5.74) is -0.614. The summed E-state index contributed by atoms with van der Waals surface area (Å²) in [4.78, 5) is 34.9. The first-order valence-electron chi connectivity index (χ1n) is 7.23. The maximum Gasteiger partial charge on any atom is 0.303 e. The van der Waals surface area contributed by atoms with Crippen LogP contribution < -0.4 is 0 Å². The van der Waals surface area contributed by atoms with Gasteiger partial charge in [-0.1, -0.05) is 0 Å². The highest BCUT2D eigenvalue weighted by molar-refractivity contribution is 5.94. The molecule has 0 aromatic carbocycles. The summed E-state index contributed by atoms with van der Waals surface area (Å²) in [6.45, 7) is 2.74. The van der Waals surface area contributed by atoms with Gasteiger partial charge in [0, 0.05) is 13.8 Å². The second-order valence-electron chi connectivity index (χ2n) is 6.14. The fraction of sp³-hybridized carbons (Fsp3) is 0.786. The van der Waals surface area contributed by atoms with E-state index in [-0.39, 0.29) is 18.3 Å². The van der Waals surface area contributed by atoms with E-state index >= 15 is 0 Å². The Balaban J connectivity index is 1.62. The minimum atomic E-state index is -0.791. The topological polar surface area (TPSA) is 101 Å². The SMILES string of the molecule is CC(=O)OC[C@H]1O[C@@H]2OC[C@]34O[C@H]3C(=O)[C@H]([C@@H]1OC(C)=O)[C@H]24. The molecule has 0 bridgehead atoms. The van der Waals surface area contributed by atoms with E-state index in [9.17, 15) is 14.4 Å². The zero-order chi connectivity index (χ0) is 15.6. The lowest BCUT2D eigenvalue weighted by molar-refractivity contribution is -0.251. The molecule has 8 heteroatoms. The van der Waals surface area contributed by atoms with Crippen LogP contribution in [0.4, 0.5) is 0 Å². The number of ether oxygens (including phenoxy) is 5. The highest BCUT2D eigenvalue weighted by Gasteiger charge is 2.81. The van der Waals surface area contributed by atoms with Gasteiger partial charge in [0.1, 0.15) is 30.5 Å². The molecule has 0 N–H and O–H groups in total. The molecule has 0 unspecified atom stereocenters. The molecule has 4 fully saturated rings. The largest absolute Gasteiger partial charge is 0.463 e. The standard InChI is InChI=1S/C14H16O8/c1-5(15)18-3-7-11(20-6(2)16)8-9-13(21-7)19-4-14(9)12(22-14)10(8)17/h7-9,11-13H,3-4H2,1-2H3/t7-,8-,9-,11-,12+,13+,14-/m1/s1. The Morgan fingerprint density at radius 3 is 2.77 bits per heavy atom. The van der Waals surface area contributed by atoms with Crippen LogP contribution in [0.2, 0.25) is 0 Å². The number of hydrogen-bond donors (Lipinski definition) is 0. The maximum absolute atomic E-state index is 12.5. The van der Waals surface area contributed by atoms with Crippen molar-refractivity contribution < 1.29 is 38.1 Å². The quantitative estimate of drug-likeness (QED) is 0.492. The van der Waals surface area contributed by atoms with Crippen molar-refractivity contribution in [2.75, 3.05) is 13.2 Å². The second-order valence-corrected chi connectivity index (χ2v) is 6.14. The molecule has 3 aliphatic heterocycles. The first-order chi connectivity index (χ1) is 10.4. The van der Waals surface area contributed by atoms with Gasteiger partial charge in [-0.3, -0.25) is 14.4 Å².